The first-order valence-electron chi connectivity index (χ1n) is 10.3. The SMILES string of the molecule is CCCc1ccc(-c2cc(F)c(-c3ccc(C4CCCC4)cc3)c(F)c2)cc1. The standard InChI is InChI=1S/C26H26F2/c1-2-5-18-8-10-21(11-9-18)23-16-24(27)26(25(28)17-23)22-14-12-20(13-15-22)19-6-3-4-7-19/h8-17,19H,2-7H2,1H3. The minimum absolute atomic E-state index is 0.0596. The highest BCUT2D eigenvalue weighted by Crippen LogP contribution is 2.36. The molecule has 0 nitrogen and oxygen atoms in total. The Kier molecular flexibility index (Phi) is 5.57. The molecule has 0 aromatic heterocycles. The van der Waals surface area contributed by atoms with Crippen molar-refractivity contribution in [2.45, 2.75) is 51.4 Å². The molecule has 0 saturated heterocycles. The lowest BCUT2D eigenvalue weighted by molar-refractivity contribution is 0.590. The summed E-state index contributed by atoms with van der Waals surface area (Å²) < 4.78 is 29.7. The van der Waals surface area contributed by atoms with E-state index in [0.717, 1.165) is 18.4 Å². The van der Waals surface area contributed by atoms with E-state index in [2.05, 4.69) is 6.92 Å². The summed E-state index contributed by atoms with van der Waals surface area (Å²) in [5.74, 6) is -0.427. The lowest BCUT2D eigenvalue weighted by Crippen LogP contribution is -1.95. The van der Waals surface area contributed by atoms with Crippen LogP contribution in [0.4, 0.5) is 8.78 Å². The molecule has 144 valence electrons. The van der Waals surface area contributed by atoms with Crippen molar-refractivity contribution in [3.63, 3.8) is 0 Å². The van der Waals surface area contributed by atoms with E-state index in [1.165, 1.54) is 48.9 Å². The van der Waals surface area contributed by atoms with E-state index in [-0.39, 0.29) is 5.56 Å². The molecule has 0 aliphatic heterocycles. The van der Waals surface area contributed by atoms with Gasteiger partial charge in [0.2, 0.25) is 0 Å². The predicted molar refractivity (Wildman–Crippen MR) is 112 cm³/mol. The molecule has 4 rings (SSSR count). The molecule has 28 heavy (non-hydrogen) atoms. The van der Waals surface area contributed by atoms with Crippen molar-refractivity contribution in [3.05, 3.63) is 83.4 Å². The van der Waals surface area contributed by atoms with E-state index in [4.69, 9.17) is 0 Å². The van der Waals surface area contributed by atoms with E-state index >= 15 is 0 Å². The molecular formula is C26H26F2. The highest BCUT2D eigenvalue weighted by atomic mass is 19.1. The predicted octanol–water partition coefficient (Wildman–Crippen LogP) is 7.91. The first-order chi connectivity index (χ1) is 13.7. The first kappa shape index (κ1) is 18.9. The third-order valence-corrected chi connectivity index (χ3v) is 5.89. The van der Waals surface area contributed by atoms with Gasteiger partial charge in [-0.1, -0.05) is 74.7 Å². The molecular weight excluding hydrogens is 350 g/mol. The third-order valence-electron chi connectivity index (χ3n) is 5.89. The lowest BCUT2D eigenvalue weighted by atomic mass is 9.94. The normalized spacial score (nSPS) is 14.5. The van der Waals surface area contributed by atoms with Crippen molar-refractivity contribution in [1.82, 2.24) is 0 Å². The van der Waals surface area contributed by atoms with Gasteiger partial charge in [0.1, 0.15) is 11.6 Å². The van der Waals surface area contributed by atoms with Crippen LogP contribution < -0.4 is 0 Å². The maximum absolute atomic E-state index is 14.8. The molecule has 1 aliphatic rings. The minimum Gasteiger partial charge on any atom is -0.206 e. The van der Waals surface area contributed by atoms with Crippen LogP contribution in [-0.4, -0.2) is 0 Å². The summed E-state index contributed by atoms with van der Waals surface area (Å²) in [5.41, 5.74) is 4.59. The molecule has 1 fully saturated rings. The quantitative estimate of drug-likeness (QED) is 0.424. The van der Waals surface area contributed by atoms with Crippen molar-refractivity contribution in [1.29, 1.82) is 0 Å². The summed E-state index contributed by atoms with van der Waals surface area (Å²) in [6.45, 7) is 2.14. The molecule has 0 amide bonds. The Morgan fingerprint density at radius 2 is 1.32 bits per heavy atom. The van der Waals surface area contributed by atoms with E-state index in [0.29, 0.717) is 17.0 Å². The van der Waals surface area contributed by atoms with E-state index in [1.807, 2.05) is 48.5 Å². The second kappa shape index (κ2) is 8.26. The van der Waals surface area contributed by atoms with Gasteiger partial charge in [0.15, 0.2) is 0 Å². The number of hydrogen-bond acceptors (Lipinski definition) is 0. The molecule has 0 heterocycles. The molecule has 1 saturated carbocycles. The second-order valence-electron chi connectivity index (χ2n) is 7.87. The Bertz CT molecular complexity index is 910. The van der Waals surface area contributed by atoms with Gasteiger partial charge in [0.25, 0.3) is 0 Å². The summed E-state index contributed by atoms with van der Waals surface area (Å²) in [6.07, 6.45) is 7.07. The number of benzene rings is 3. The summed E-state index contributed by atoms with van der Waals surface area (Å²) in [7, 11) is 0. The number of rotatable bonds is 5. The van der Waals surface area contributed by atoms with Gasteiger partial charge < -0.3 is 0 Å². The van der Waals surface area contributed by atoms with Gasteiger partial charge in [-0.05, 0) is 65.1 Å². The van der Waals surface area contributed by atoms with Gasteiger partial charge in [-0.2, -0.15) is 0 Å². The molecule has 1 aliphatic carbocycles. The second-order valence-corrected chi connectivity index (χ2v) is 7.87. The molecule has 0 bridgehead atoms. The summed E-state index contributed by atoms with van der Waals surface area (Å²) >= 11 is 0. The van der Waals surface area contributed by atoms with Gasteiger partial charge in [-0.25, -0.2) is 8.78 Å². The van der Waals surface area contributed by atoms with Crippen LogP contribution in [0.2, 0.25) is 0 Å². The maximum Gasteiger partial charge on any atom is 0.134 e. The van der Waals surface area contributed by atoms with Gasteiger partial charge in [0.05, 0.1) is 5.56 Å². The number of halogens is 2. The molecule has 0 spiro atoms. The van der Waals surface area contributed by atoms with Crippen molar-refractivity contribution in [2.75, 3.05) is 0 Å². The van der Waals surface area contributed by atoms with Gasteiger partial charge in [-0.15, -0.1) is 0 Å². The zero-order valence-electron chi connectivity index (χ0n) is 16.3. The third kappa shape index (κ3) is 3.87. The minimum atomic E-state index is -0.513. The Labute approximate surface area is 166 Å². The lowest BCUT2D eigenvalue weighted by Gasteiger charge is -2.12. The fourth-order valence-electron chi connectivity index (χ4n) is 4.35. The highest BCUT2D eigenvalue weighted by molar-refractivity contribution is 5.72. The molecule has 2 heteroatoms. The molecule has 0 radical (unpaired) electrons. The van der Waals surface area contributed by atoms with Gasteiger partial charge >= 0.3 is 0 Å². The molecule has 3 aromatic carbocycles. The van der Waals surface area contributed by atoms with Gasteiger partial charge in [-0.3, -0.25) is 0 Å². The molecule has 0 atom stereocenters. The van der Waals surface area contributed by atoms with Crippen molar-refractivity contribution < 1.29 is 8.78 Å². The van der Waals surface area contributed by atoms with Crippen LogP contribution in [0.25, 0.3) is 22.3 Å². The van der Waals surface area contributed by atoms with Crippen LogP contribution in [0.1, 0.15) is 56.1 Å². The van der Waals surface area contributed by atoms with Gasteiger partial charge in [0, 0.05) is 0 Å². The van der Waals surface area contributed by atoms with Crippen LogP contribution in [0, 0.1) is 11.6 Å². The molecule has 3 aromatic rings. The zero-order chi connectivity index (χ0) is 19.5. The average Bonchev–Trinajstić information content (AvgIpc) is 3.24. The summed E-state index contributed by atoms with van der Waals surface area (Å²) in [4.78, 5) is 0. The van der Waals surface area contributed by atoms with Crippen LogP contribution in [0.5, 0.6) is 0 Å². The average molecular weight is 376 g/mol. The van der Waals surface area contributed by atoms with Crippen LogP contribution in [0.15, 0.2) is 60.7 Å². The van der Waals surface area contributed by atoms with E-state index in [1.54, 1.807) is 0 Å². The summed E-state index contributed by atoms with van der Waals surface area (Å²) in [6, 6.07) is 18.6. The molecule has 0 N–H and O–H groups in total. The number of aryl methyl sites for hydroxylation is 1. The van der Waals surface area contributed by atoms with Crippen LogP contribution >= 0.6 is 0 Å². The fraction of sp³-hybridized carbons (Fsp3) is 0.308. The van der Waals surface area contributed by atoms with Crippen LogP contribution in [0.3, 0.4) is 0 Å². The largest absolute Gasteiger partial charge is 0.206 e. The Balaban J connectivity index is 1.62. The first-order valence-corrected chi connectivity index (χ1v) is 10.3. The van der Waals surface area contributed by atoms with E-state index < -0.39 is 11.6 Å². The van der Waals surface area contributed by atoms with Crippen molar-refractivity contribution in [3.8, 4) is 22.3 Å². The Morgan fingerprint density at radius 3 is 1.89 bits per heavy atom. The monoisotopic (exact) mass is 376 g/mol. The van der Waals surface area contributed by atoms with Crippen LogP contribution in [-0.2, 0) is 6.42 Å². The van der Waals surface area contributed by atoms with E-state index in [9.17, 15) is 8.78 Å². The zero-order valence-corrected chi connectivity index (χ0v) is 16.3. The van der Waals surface area contributed by atoms with Crippen molar-refractivity contribution in [2.24, 2.45) is 0 Å². The number of hydrogen-bond donors (Lipinski definition) is 0. The Morgan fingerprint density at radius 1 is 0.750 bits per heavy atom. The fourth-order valence-corrected chi connectivity index (χ4v) is 4.35. The topological polar surface area (TPSA) is 0 Å². The highest BCUT2D eigenvalue weighted by Gasteiger charge is 2.18. The maximum atomic E-state index is 14.8. The Hall–Kier alpha value is -2.48. The smallest absolute Gasteiger partial charge is 0.134 e. The summed E-state index contributed by atoms with van der Waals surface area (Å²) in [5, 5.41) is 0. The van der Waals surface area contributed by atoms with Crippen molar-refractivity contribution >= 4 is 0 Å². The molecule has 0 unspecified atom stereocenters.